The minimum absolute atomic E-state index is 0. The van der Waals surface area contributed by atoms with Crippen LogP contribution in [0.2, 0.25) is 0 Å². The second-order valence-electron chi connectivity index (χ2n) is 8.58. The predicted octanol–water partition coefficient (Wildman–Crippen LogP) is 3.98. The van der Waals surface area contributed by atoms with Crippen molar-refractivity contribution >= 4 is 22.7 Å². The fraction of sp³-hybridized carbons (Fsp3) is 0.708. The third-order valence-electron chi connectivity index (χ3n) is 6.90. The van der Waals surface area contributed by atoms with Crippen LogP contribution in [-0.2, 0) is 9.47 Å². The van der Waals surface area contributed by atoms with Crippen LogP contribution in [0.4, 0.5) is 5.69 Å². The molecule has 178 valence electrons. The Balaban J connectivity index is 0.000000994. The summed E-state index contributed by atoms with van der Waals surface area (Å²) in [5.74, 6) is 0.145. The Morgan fingerprint density at radius 3 is 2.53 bits per heavy atom. The Kier molecular flexibility index (Phi) is 7.63. The molecule has 1 aliphatic carbocycles. The lowest BCUT2D eigenvalue weighted by Crippen LogP contribution is -2.49. The lowest BCUT2D eigenvalue weighted by Gasteiger charge is -2.41. The number of aromatic nitrogens is 3. The molecule has 2 aromatic rings. The summed E-state index contributed by atoms with van der Waals surface area (Å²) in [7, 11) is 0. The second-order valence-corrected chi connectivity index (χ2v) is 8.58. The minimum Gasteiger partial charge on any atom is -0.461 e. The van der Waals surface area contributed by atoms with E-state index in [1.165, 1.54) is 25.0 Å². The molecule has 0 atom stereocenters. The molecule has 8 heteroatoms. The average molecular weight is 446 g/mol. The summed E-state index contributed by atoms with van der Waals surface area (Å²) < 4.78 is 10.7. The Labute approximate surface area is 192 Å². The Hall–Kier alpha value is -2.19. The van der Waals surface area contributed by atoms with Crippen LogP contribution in [0.15, 0.2) is 6.07 Å². The number of rotatable bonds is 5. The molecule has 5 rings (SSSR count). The van der Waals surface area contributed by atoms with E-state index in [-0.39, 0.29) is 7.40 Å². The van der Waals surface area contributed by atoms with E-state index < -0.39 is 0 Å². The number of aromatic amines is 1. The highest BCUT2D eigenvalue weighted by Gasteiger charge is 2.31. The number of carbonyl (C=O) groups is 1. The number of esters is 1. The van der Waals surface area contributed by atoms with Gasteiger partial charge in [0.05, 0.1) is 30.9 Å². The first kappa shape index (κ1) is 23.0. The van der Waals surface area contributed by atoms with Crippen LogP contribution in [0.1, 0.15) is 76.4 Å². The molecular formula is C24H39N5O3. The molecule has 0 bridgehead atoms. The Bertz CT molecular complexity index is 903. The van der Waals surface area contributed by atoms with E-state index in [0.717, 1.165) is 63.3 Å². The van der Waals surface area contributed by atoms with Gasteiger partial charge in [0.2, 0.25) is 0 Å². The summed E-state index contributed by atoms with van der Waals surface area (Å²) in [6.07, 6.45) is 5.88. The van der Waals surface area contributed by atoms with Gasteiger partial charge in [-0.25, -0.2) is 9.78 Å². The second kappa shape index (κ2) is 10.6. The minimum atomic E-state index is -0.378. The molecular weight excluding hydrogens is 406 g/mol. The van der Waals surface area contributed by atoms with Gasteiger partial charge < -0.3 is 14.4 Å². The highest BCUT2D eigenvalue weighted by Crippen LogP contribution is 2.41. The van der Waals surface area contributed by atoms with Gasteiger partial charge >= 0.3 is 5.97 Å². The van der Waals surface area contributed by atoms with Crippen molar-refractivity contribution in [1.29, 1.82) is 0 Å². The van der Waals surface area contributed by atoms with E-state index >= 15 is 0 Å². The molecule has 0 radical (unpaired) electrons. The van der Waals surface area contributed by atoms with Crippen molar-refractivity contribution in [1.82, 2.24) is 20.1 Å². The van der Waals surface area contributed by atoms with Gasteiger partial charge in [-0.15, -0.1) is 0 Å². The number of anilines is 1. The first-order valence-electron chi connectivity index (χ1n) is 12.4. The maximum Gasteiger partial charge on any atom is 0.357 e. The van der Waals surface area contributed by atoms with Gasteiger partial charge in [-0.1, -0.05) is 20.3 Å². The van der Waals surface area contributed by atoms with Gasteiger partial charge in [-0.05, 0) is 38.7 Å². The first-order valence-corrected chi connectivity index (χ1v) is 12.4. The van der Waals surface area contributed by atoms with E-state index in [0.29, 0.717) is 29.9 Å². The molecule has 0 spiro atoms. The lowest BCUT2D eigenvalue weighted by molar-refractivity contribution is 0.0115. The fourth-order valence-electron chi connectivity index (χ4n) is 4.99. The van der Waals surface area contributed by atoms with Crippen LogP contribution in [-0.4, -0.2) is 78.1 Å². The molecule has 3 aliphatic rings. The zero-order valence-electron chi connectivity index (χ0n) is 19.7. The molecule has 32 heavy (non-hydrogen) atoms. The van der Waals surface area contributed by atoms with Gasteiger partial charge in [-0.2, -0.15) is 5.10 Å². The van der Waals surface area contributed by atoms with Crippen molar-refractivity contribution < 1.29 is 15.7 Å². The van der Waals surface area contributed by atoms with Crippen LogP contribution in [0.5, 0.6) is 0 Å². The summed E-state index contributed by atoms with van der Waals surface area (Å²) in [6.45, 7) is 11.8. The van der Waals surface area contributed by atoms with E-state index in [1.807, 2.05) is 26.8 Å². The quantitative estimate of drug-likeness (QED) is 0.697. The SMILES string of the molecule is CC.CCOC(=O)c1cc(N2CCC(N3CCOCC3)CC2)c2c(C3CCC3)[nH]nc2n1.[HH]. The Morgan fingerprint density at radius 1 is 1.19 bits per heavy atom. The number of morpholine rings is 1. The van der Waals surface area contributed by atoms with Gasteiger partial charge in [0.1, 0.15) is 0 Å². The number of pyridine rings is 1. The smallest absolute Gasteiger partial charge is 0.357 e. The summed E-state index contributed by atoms with van der Waals surface area (Å²) >= 11 is 0. The summed E-state index contributed by atoms with van der Waals surface area (Å²) in [5, 5.41) is 8.81. The standard InChI is InChI=1S/C22H31N5O3.C2H6.H2/c1-2-30-22(28)17-14-18(19-20(15-4-3-5-15)24-25-21(19)23-17)27-8-6-16(7-9-27)26-10-12-29-13-11-26;1-2;/h14-16H,2-13H2,1H3,(H,23,24,25);1-2H3;1H. The molecule has 8 nitrogen and oxygen atoms in total. The van der Waals surface area contributed by atoms with Crippen molar-refractivity contribution in [3.8, 4) is 0 Å². The largest absolute Gasteiger partial charge is 0.461 e. The van der Waals surface area contributed by atoms with E-state index in [4.69, 9.17) is 9.47 Å². The fourth-order valence-corrected chi connectivity index (χ4v) is 4.99. The van der Waals surface area contributed by atoms with Gasteiger partial charge in [0, 0.05) is 45.3 Å². The van der Waals surface area contributed by atoms with E-state index in [1.54, 1.807) is 0 Å². The first-order chi connectivity index (χ1) is 15.7. The molecule has 4 heterocycles. The maximum absolute atomic E-state index is 12.4. The number of hydrogen-bond acceptors (Lipinski definition) is 7. The molecule has 0 amide bonds. The van der Waals surface area contributed by atoms with Crippen molar-refractivity contribution in [3.63, 3.8) is 0 Å². The number of piperidine rings is 1. The number of carbonyl (C=O) groups excluding carboxylic acids is 1. The zero-order chi connectivity index (χ0) is 22.5. The third kappa shape index (κ3) is 4.62. The highest BCUT2D eigenvalue weighted by molar-refractivity contribution is 5.98. The predicted molar refractivity (Wildman–Crippen MR) is 128 cm³/mol. The van der Waals surface area contributed by atoms with Crippen LogP contribution in [0.3, 0.4) is 0 Å². The zero-order valence-corrected chi connectivity index (χ0v) is 19.7. The van der Waals surface area contributed by atoms with Crippen LogP contribution < -0.4 is 4.90 Å². The number of ether oxygens (including phenoxy) is 2. The number of H-pyrrole nitrogens is 1. The van der Waals surface area contributed by atoms with Crippen LogP contribution in [0, 0.1) is 0 Å². The highest BCUT2D eigenvalue weighted by atomic mass is 16.5. The molecule has 2 aromatic heterocycles. The molecule has 3 fully saturated rings. The molecule has 1 saturated carbocycles. The summed E-state index contributed by atoms with van der Waals surface area (Å²) in [5.41, 5.74) is 3.25. The van der Waals surface area contributed by atoms with Gasteiger partial charge in [-0.3, -0.25) is 10.00 Å². The maximum atomic E-state index is 12.4. The molecule has 0 unspecified atom stereocenters. The van der Waals surface area contributed by atoms with Crippen LogP contribution in [0.25, 0.3) is 11.0 Å². The third-order valence-corrected chi connectivity index (χ3v) is 6.90. The Morgan fingerprint density at radius 2 is 1.91 bits per heavy atom. The van der Waals surface area contributed by atoms with Crippen molar-refractivity contribution in [2.24, 2.45) is 0 Å². The van der Waals surface area contributed by atoms with Crippen molar-refractivity contribution in [2.75, 3.05) is 50.9 Å². The monoisotopic (exact) mass is 445 g/mol. The van der Waals surface area contributed by atoms with Crippen molar-refractivity contribution in [3.05, 3.63) is 17.5 Å². The van der Waals surface area contributed by atoms with Gasteiger partial charge in [0.25, 0.3) is 0 Å². The van der Waals surface area contributed by atoms with E-state index in [9.17, 15) is 4.79 Å². The normalized spacial score (nSPS) is 20.5. The molecule has 2 saturated heterocycles. The number of hydrogen-bond donors (Lipinski definition) is 1. The molecule has 1 N–H and O–H groups in total. The molecule has 2 aliphatic heterocycles. The topological polar surface area (TPSA) is 83.6 Å². The van der Waals surface area contributed by atoms with E-state index in [2.05, 4.69) is 25.0 Å². The van der Waals surface area contributed by atoms with Crippen molar-refractivity contribution in [2.45, 2.75) is 64.8 Å². The molecule has 0 aromatic carbocycles. The number of nitrogens with one attached hydrogen (secondary N) is 1. The lowest BCUT2D eigenvalue weighted by atomic mass is 9.82. The van der Waals surface area contributed by atoms with Crippen LogP contribution >= 0.6 is 0 Å². The van der Waals surface area contributed by atoms with Gasteiger partial charge in [0.15, 0.2) is 11.3 Å². The number of fused-ring (bicyclic) bond motifs is 1. The summed E-state index contributed by atoms with van der Waals surface area (Å²) in [4.78, 5) is 22.0. The number of nitrogens with zero attached hydrogens (tertiary/aromatic N) is 4. The summed E-state index contributed by atoms with van der Waals surface area (Å²) in [6, 6.07) is 2.54. The average Bonchev–Trinajstić information content (AvgIpc) is 3.23.